The van der Waals surface area contributed by atoms with Gasteiger partial charge in [-0.05, 0) is 77.3 Å². The lowest BCUT2D eigenvalue weighted by molar-refractivity contribution is -0.142. The lowest BCUT2D eigenvalue weighted by Crippen LogP contribution is -2.58. The van der Waals surface area contributed by atoms with Gasteiger partial charge in [-0.25, -0.2) is 0 Å². The number of nitrogens with one attached hydrogen (secondary N) is 3. The van der Waals surface area contributed by atoms with Crippen LogP contribution < -0.4 is 21.7 Å². The van der Waals surface area contributed by atoms with Gasteiger partial charge in [-0.2, -0.15) is 0 Å². The van der Waals surface area contributed by atoms with E-state index in [0.717, 1.165) is 70.9 Å². The van der Waals surface area contributed by atoms with Crippen molar-refractivity contribution in [3.8, 4) is 0 Å². The second kappa shape index (κ2) is 16.4. The van der Waals surface area contributed by atoms with Gasteiger partial charge in [0, 0.05) is 13.0 Å². The number of piperidine rings is 1. The lowest BCUT2D eigenvalue weighted by Gasteiger charge is -2.34. The highest BCUT2D eigenvalue weighted by atomic mass is 16.4. The first-order chi connectivity index (χ1) is 18.1. The van der Waals surface area contributed by atoms with Crippen LogP contribution in [0.5, 0.6) is 0 Å². The molecule has 2 fully saturated rings. The SMILES string of the molecule is CCN(CC(=O)N[C@@H](CC(=O)O)C(=O)C(N[C@@H](C)C(N)=O)C1CCCCC1)C(=O)CCCC1CCNCC1. The standard InChI is InChI=1S/C27H47N5O6/c1-3-32(23(34)11-7-8-19-12-14-29-15-13-19)17-22(33)31-21(16-24(35)36)26(37)25(30-18(2)27(28)38)20-9-5-4-6-10-20/h18-21,25,29-30H,3-17H2,1-2H3,(H2,28,38)(H,31,33)(H,35,36)/t18-,21-,25?/m0/s1. The molecule has 0 spiro atoms. The smallest absolute Gasteiger partial charge is 0.305 e. The van der Waals surface area contributed by atoms with Gasteiger partial charge in [0.1, 0.15) is 0 Å². The number of Topliss-reactive ketones (excluding diaryl/α,β-unsaturated/α-hetero) is 1. The number of carboxylic acids is 1. The summed E-state index contributed by atoms with van der Waals surface area (Å²) < 4.78 is 0. The molecule has 1 aliphatic carbocycles. The summed E-state index contributed by atoms with van der Waals surface area (Å²) in [7, 11) is 0. The average molecular weight is 538 g/mol. The number of carboxylic acid groups (broad SMARTS) is 1. The summed E-state index contributed by atoms with van der Waals surface area (Å²) in [5, 5.41) is 18.4. The number of nitrogens with zero attached hydrogens (tertiary/aromatic N) is 1. The molecule has 2 aliphatic rings. The van der Waals surface area contributed by atoms with Gasteiger partial charge < -0.3 is 26.4 Å². The normalized spacial score (nSPS) is 19.2. The van der Waals surface area contributed by atoms with Gasteiger partial charge in [-0.15, -0.1) is 0 Å². The van der Waals surface area contributed by atoms with E-state index in [2.05, 4.69) is 16.0 Å². The molecule has 1 saturated heterocycles. The molecule has 11 heteroatoms. The number of hydrogen-bond donors (Lipinski definition) is 5. The zero-order valence-corrected chi connectivity index (χ0v) is 23.0. The first kappa shape index (κ1) is 31.7. The molecule has 0 aromatic carbocycles. The molecule has 6 N–H and O–H groups in total. The number of hydrogen-bond acceptors (Lipinski definition) is 7. The molecule has 1 saturated carbocycles. The van der Waals surface area contributed by atoms with E-state index in [4.69, 9.17) is 5.73 Å². The molecule has 216 valence electrons. The predicted molar refractivity (Wildman–Crippen MR) is 143 cm³/mol. The van der Waals surface area contributed by atoms with Crippen LogP contribution in [0.15, 0.2) is 0 Å². The molecular weight excluding hydrogens is 490 g/mol. The van der Waals surface area contributed by atoms with Crippen molar-refractivity contribution in [2.45, 2.75) is 103 Å². The highest BCUT2D eigenvalue weighted by molar-refractivity contribution is 5.96. The van der Waals surface area contributed by atoms with Gasteiger partial charge in [-0.3, -0.25) is 29.3 Å². The number of primary amides is 1. The number of carbonyl (C=O) groups excluding carboxylic acids is 4. The van der Waals surface area contributed by atoms with Gasteiger partial charge >= 0.3 is 5.97 Å². The number of rotatable bonds is 16. The van der Waals surface area contributed by atoms with Crippen LogP contribution in [-0.4, -0.2) is 83.8 Å². The fourth-order valence-corrected chi connectivity index (χ4v) is 5.54. The van der Waals surface area contributed by atoms with Crippen molar-refractivity contribution in [2.24, 2.45) is 17.6 Å². The minimum Gasteiger partial charge on any atom is -0.481 e. The minimum atomic E-state index is -1.28. The zero-order valence-electron chi connectivity index (χ0n) is 23.0. The van der Waals surface area contributed by atoms with Crippen molar-refractivity contribution < 1.29 is 29.1 Å². The Morgan fingerprint density at radius 1 is 1.05 bits per heavy atom. The molecule has 1 heterocycles. The first-order valence-electron chi connectivity index (χ1n) is 14.2. The molecule has 1 aliphatic heterocycles. The van der Waals surface area contributed by atoms with E-state index in [1.165, 1.54) is 4.90 Å². The van der Waals surface area contributed by atoms with Crippen LogP contribution in [0.1, 0.15) is 84.5 Å². The summed E-state index contributed by atoms with van der Waals surface area (Å²) in [5.41, 5.74) is 5.41. The Morgan fingerprint density at radius 2 is 1.71 bits per heavy atom. The number of ketones is 1. The summed E-state index contributed by atoms with van der Waals surface area (Å²) in [6, 6.07) is -2.88. The van der Waals surface area contributed by atoms with Gasteiger partial charge in [-0.1, -0.05) is 19.3 Å². The molecule has 0 aromatic rings. The van der Waals surface area contributed by atoms with Gasteiger partial charge in [0.25, 0.3) is 0 Å². The fraction of sp³-hybridized carbons (Fsp3) is 0.815. The van der Waals surface area contributed by atoms with Gasteiger partial charge in [0.15, 0.2) is 5.78 Å². The van der Waals surface area contributed by atoms with Crippen LogP contribution in [0.4, 0.5) is 0 Å². The molecule has 0 radical (unpaired) electrons. The van der Waals surface area contributed by atoms with Crippen LogP contribution in [-0.2, 0) is 24.0 Å². The summed E-state index contributed by atoms with van der Waals surface area (Å²) in [5.74, 6) is -2.49. The molecular formula is C27H47N5O6. The average Bonchev–Trinajstić information content (AvgIpc) is 2.90. The third-order valence-electron chi connectivity index (χ3n) is 7.87. The second-order valence-corrected chi connectivity index (χ2v) is 10.8. The Morgan fingerprint density at radius 3 is 2.29 bits per heavy atom. The maximum atomic E-state index is 13.6. The van der Waals surface area contributed by atoms with E-state index in [0.29, 0.717) is 18.9 Å². The van der Waals surface area contributed by atoms with E-state index >= 15 is 0 Å². The molecule has 2 rings (SSSR count). The summed E-state index contributed by atoms with van der Waals surface area (Å²) >= 11 is 0. The summed E-state index contributed by atoms with van der Waals surface area (Å²) in [4.78, 5) is 64.0. The van der Waals surface area contributed by atoms with E-state index in [-0.39, 0.29) is 18.4 Å². The molecule has 0 aromatic heterocycles. The molecule has 11 nitrogen and oxygen atoms in total. The van der Waals surface area contributed by atoms with Crippen molar-refractivity contribution in [1.29, 1.82) is 0 Å². The second-order valence-electron chi connectivity index (χ2n) is 10.8. The van der Waals surface area contributed by atoms with Crippen LogP contribution in [0.3, 0.4) is 0 Å². The molecule has 1 unspecified atom stereocenters. The van der Waals surface area contributed by atoms with Crippen molar-refractivity contribution in [3.05, 3.63) is 0 Å². The topological polar surface area (TPSA) is 171 Å². The Bertz CT molecular complexity index is 810. The molecule has 38 heavy (non-hydrogen) atoms. The zero-order chi connectivity index (χ0) is 28.1. The Hall–Kier alpha value is -2.53. The number of likely N-dealkylation sites (N-methyl/N-ethyl adjacent to an activating group) is 1. The van der Waals surface area contributed by atoms with Crippen LogP contribution >= 0.6 is 0 Å². The van der Waals surface area contributed by atoms with Crippen molar-refractivity contribution >= 4 is 29.5 Å². The quantitative estimate of drug-likeness (QED) is 0.194. The fourth-order valence-electron chi connectivity index (χ4n) is 5.54. The summed E-state index contributed by atoms with van der Waals surface area (Å²) in [6.07, 6.45) is 8.17. The molecule has 3 atom stereocenters. The van der Waals surface area contributed by atoms with E-state index in [9.17, 15) is 29.1 Å². The number of amides is 3. The van der Waals surface area contributed by atoms with Crippen LogP contribution in [0.25, 0.3) is 0 Å². The maximum Gasteiger partial charge on any atom is 0.305 e. The van der Waals surface area contributed by atoms with E-state index < -0.39 is 48.1 Å². The third kappa shape index (κ3) is 10.7. The van der Waals surface area contributed by atoms with Gasteiger partial charge in [0.05, 0.1) is 31.1 Å². The number of aliphatic carboxylic acids is 1. The Balaban J connectivity index is 2.01. The molecule has 3 amide bonds. The third-order valence-corrected chi connectivity index (χ3v) is 7.87. The highest BCUT2D eigenvalue weighted by Crippen LogP contribution is 2.28. The maximum absolute atomic E-state index is 13.6. The van der Waals surface area contributed by atoms with Crippen molar-refractivity contribution in [3.63, 3.8) is 0 Å². The van der Waals surface area contributed by atoms with Crippen molar-refractivity contribution in [1.82, 2.24) is 20.9 Å². The predicted octanol–water partition coefficient (Wildman–Crippen LogP) is 0.946. The first-order valence-corrected chi connectivity index (χ1v) is 14.2. The largest absolute Gasteiger partial charge is 0.481 e. The van der Waals surface area contributed by atoms with Crippen LogP contribution in [0.2, 0.25) is 0 Å². The Kier molecular flexibility index (Phi) is 13.7. The number of nitrogens with two attached hydrogens (primary N) is 1. The number of carbonyl (C=O) groups is 5. The van der Waals surface area contributed by atoms with E-state index in [1.807, 2.05) is 0 Å². The van der Waals surface area contributed by atoms with Crippen LogP contribution in [0, 0.1) is 11.8 Å². The lowest BCUT2D eigenvalue weighted by atomic mass is 9.80. The highest BCUT2D eigenvalue weighted by Gasteiger charge is 2.37. The monoisotopic (exact) mass is 537 g/mol. The Labute approximate surface area is 226 Å². The van der Waals surface area contributed by atoms with E-state index in [1.54, 1.807) is 13.8 Å². The molecule has 0 bridgehead atoms. The van der Waals surface area contributed by atoms with Crippen molar-refractivity contribution in [2.75, 3.05) is 26.2 Å². The minimum absolute atomic E-state index is 0.0834. The van der Waals surface area contributed by atoms with Gasteiger partial charge in [0.2, 0.25) is 17.7 Å². The summed E-state index contributed by atoms with van der Waals surface area (Å²) in [6.45, 7) is 5.45.